The highest BCUT2D eigenvalue weighted by Gasteiger charge is 2.10. The molecule has 1 aromatic heterocycles. The van der Waals surface area contributed by atoms with E-state index >= 15 is 0 Å². The number of rotatable bonds is 4. The number of nitrogens with zero attached hydrogens (tertiary/aromatic N) is 2. The Morgan fingerprint density at radius 1 is 0.962 bits per heavy atom. The summed E-state index contributed by atoms with van der Waals surface area (Å²) in [6, 6.07) is 22.0. The van der Waals surface area contributed by atoms with Crippen molar-refractivity contribution in [2.24, 2.45) is 0 Å². The van der Waals surface area contributed by atoms with Crippen molar-refractivity contribution in [1.29, 1.82) is 0 Å². The zero-order valence-electron chi connectivity index (χ0n) is 13.9. The molecule has 0 aliphatic rings. The van der Waals surface area contributed by atoms with Gasteiger partial charge in [0, 0.05) is 5.02 Å². The van der Waals surface area contributed by atoms with Crippen molar-refractivity contribution in [3.05, 3.63) is 107 Å². The molecule has 0 atom stereocenters. The van der Waals surface area contributed by atoms with Crippen molar-refractivity contribution in [1.82, 2.24) is 9.55 Å². The lowest BCUT2D eigenvalue weighted by atomic mass is 10.2. The van der Waals surface area contributed by atoms with Crippen LogP contribution in [0.5, 0.6) is 0 Å². The van der Waals surface area contributed by atoms with Crippen LogP contribution in [0, 0.1) is 11.9 Å². The fraction of sp³-hybridized carbons (Fsp3) is 0.0455. The van der Waals surface area contributed by atoms with Gasteiger partial charge in [0.05, 0.1) is 17.6 Å². The Labute approximate surface area is 156 Å². The molecule has 0 bridgehead atoms. The predicted molar refractivity (Wildman–Crippen MR) is 103 cm³/mol. The van der Waals surface area contributed by atoms with Gasteiger partial charge in [-0.2, -0.15) is 0 Å². The van der Waals surface area contributed by atoms with Crippen molar-refractivity contribution in [3.8, 4) is 0 Å². The second kappa shape index (κ2) is 7.14. The van der Waals surface area contributed by atoms with E-state index < -0.39 is 0 Å². The molecule has 127 valence electrons. The molecule has 4 aromatic rings. The lowest BCUT2D eigenvalue weighted by Gasteiger charge is -2.09. The van der Waals surface area contributed by atoms with Crippen LogP contribution in [-0.2, 0) is 6.54 Å². The third kappa shape index (κ3) is 3.39. The number of hydrogen-bond acceptors (Lipinski definition) is 1. The van der Waals surface area contributed by atoms with Gasteiger partial charge < -0.3 is 4.57 Å². The topological polar surface area (TPSA) is 17.8 Å². The summed E-state index contributed by atoms with van der Waals surface area (Å²) in [6.45, 7) is 0.608. The van der Waals surface area contributed by atoms with Crippen molar-refractivity contribution < 1.29 is 4.39 Å². The van der Waals surface area contributed by atoms with Crippen LogP contribution < -0.4 is 0 Å². The first kappa shape index (κ1) is 16.6. The molecule has 0 fully saturated rings. The number of benzene rings is 3. The molecule has 0 amide bonds. The molecule has 0 saturated carbocycles. The van der Waals surface area contributed by atoms with Gasteiger partial charge in [0.1, 0.15) is 11.6 Å². The Morgan fingerprint density at radius 3 is 2.50 bits per heavy atom. The van der Waals surface area contributed by atoms with Crippen LogP contribution in [0.4, 0.5) is 4.39 Å². The highest BCUT2D eigenvalue weighted by atomic mass is 35.5. The van der Waals surface area contributed by atoms with Gasteiger partial charge in [0.2, 0.25) is 0 Å². The van der Waals surface area contributed by atoms with Gasteiger partial charge in [-0.05, 0) is 53.6 Å². The molecular formula is C22H15ClFN2. The van der Waals surface area contributed by atoms with E-state index in [2.05, 4.69) is 10.6 Å². The number of aromatic nitrogens is 2. The molecule has 4 rings (SSSR count). The van der Waals surface area contributed by atoms with Crippen molar-refractivity contribution in [2.75, 3.05) is 0 Å². The SMILES string of the molecule is Fc1ccc(/[C]=C\c2nc3ccccc3n2Cc2ccccc2Cl)cc1. The summed E-state index contributed by atoms with van der Waals surface area (Å²) in [7, 11) is 0. The van der Waals surface area contributed by atoms with E-state index in [1.807, 2.05) is 54.6 Å². The van der Waals surface area contributed by atoms with Crippen molar-refractivity contribution >= 4 is 28.7 Å². The summed E-state index contributed by atoms with van der Waals surface area (Å²) in [5, 5.41) is 0.725. The molecule has 0 saturated heterocycles. The highest BCUT2D eigenvalue weighted by molar-refractivity contribution is 6.31. The van der Waals surface area contributed by atoms with Gasteiger partial charge in [0.15, 0.2) is 0 Å². The quantitative estimate of drug-likeness (QED) is 0.453. The number of hydrogen-bond donors (Lipinski definition) is 0. The number of fused-ring (bicyclic) bond motifs is 1. The Kier molecular flexibility index (Phi) is 4.55. The molecule has 26 heavy (non-hydrogen) atoms. The van der Waals surface area contributed by atoms with Gasteiger partial charge in [-0.25, -0.2) is 9.37 Å². The highest BCUT2D eigenvalue weighted by Crippen LogP contribution is 2.22. The Hall–Kier alpha value is -2.91. The zero-order valence-corrected chi connectivity index (χ0v) is 14.6. The summed E-state index contributed by atoms with van der Waals surface area (Å²) in [4.78, 5) is 4.70. The zero-order chi connectivity index (χ0) is 17.9. The first-order chi connectivity index (χ1) is 12.7. The van der Waals surface area contributed by atoms with E-state index in [9.17, 15) is 4.39 Å². The van der Waals surface area contributed by atoms with Gasteiger partial charge in [-0.1, -0.05) is 54.1 Å². The van der Waals surface area contributed by atoms with Gasteiger partial charge >= 0.3 is 0 Å². The van der Waals surface area contributed by atoms with E-state index in [-0.39, 0.29) is 5.82 Å². The predicted octanol–water partition coefficient (Wildman–Crippen LogP) is 5.74. The molecule has 1 heterocycles. The fourth-order valence-corrected chi connectivity index (χ4v) is 3.06. The lowest BCUT2D eigenvalue weighted by Crippen LogP contribution is -2.02. The summed E-state index contributed by atoms with van der Waals surface area (Å²) in [5.41, 5.74) is 3.75. The van der Waals surface area contributed by atoms with Gasteiger partial charge in [0.25, 0.3) is 0 Å². The minimum atomic E-state index is -0.262. The standard InChI is InChI=1S/C22H15ClFN2/c23-19-6-2-1-5-17(19)15-26-21-8-4-3-7-20(21)25-22(26)14-11-16-9-12-18(24)13-10-16/h1-10,12-14H,15H2. The number of halogens is 2. The fourth-order valence-electron chi connectivity index (χ4n) is 2.86. The maximum atomic E-state index is 13.1. The lowest BCUT2D eigenvalue weighted by molar-refractivity contribution is 0.627. The first-order valence-electron chi connectivity index (χ1n) is 8.25. The number of para-hydroxylation sites is 2. The summed E-state index contributed by atoms with van der Waals surface area (Å²) >= 11 is 6.34. The Balaban J connectivity index is 1.76. The van der Waals surface area contributed by atoms with E-state index in [0.29, 0.717) is 6.54 Å². The third-order valence-electron chi connectivity index (χ3n) is 4.18. The second-order valence-electron chi connectivity index (χ2n) is 5.93. The van der Waals surface area contributed by atoms with E-state index in [0.717, 1.165) is 33.0 Å². The van der Waals surface area contributed by atoms with Crippen LogP contribution >= 0.6 is 11.6 Å². The van der Waals surface area contributed by atoms with Gasteiger partial charge in [-0.3, -0.25) is 0 Å². The van der Waals surface area contributed by atoms with E-state index in [1.54, 1.807) is 12.1 Å². The molecule has 0 aliphatic carbocycles. The van der Waals surface area contributed by atoms with E-state index in [4.69, 9.17) is 16.6 Å². The van der Waals surface area contributed by atoms with Crippen LogP contribution in [0.2, 0.25) is 5.02 Å². The van der Waals surface area contributed by atoms with E-state index in [1.165, 1.54) is 12.1 Å². The maximum Gasteiger partial charge on any atom is 0.134 e. The summed E-state index contributed by atoms with van der Waals surface area (Å²) < 4.78 is 15.2. The molecule has 2 nitrogen and oxygen atoms in total. The molecular weight excluding hydrogens is 347 g/mol. The van der Waals surface area contributed by atoms with Crippen molar-refractivity contribution in [3.63, 3.8) is 0 Å². The molecule has 0 unspecified atom stereocenters. The van der Waals surface area contributed by atoms with Crippen LogP contribution in [0.15, 0.2) is 72.8 Å². The third-order valence-corrected chi connectivity index (χ3v) is 4.55. The average Bonchev–Trinajstić information content (AvgIpc) is 3.01. The molecule has 0 spiro atoms. The average molecular weight is 362 g/mol. The van der Waals surface area contributed by atoms with Crippen LogP contribution in [-0.4, -0.2) is 9.55 Å². The maximum absolute atomic E-state index is 13.1. The summed E-state index contributed by atoms with van der Waals surface area (Å²) in [5.74, 6) is 0.511. The second-order valence-corrected chi connectivity index (χ2v) is 6.34. The Morgan fingerprint density at radius 2 is 1.69 bits per heavy atom. The summed E-state index contributed by atoms with van der Waals surface area (Å²) in [6.07, 6.45) is 5.01. The van der Waals surface area contributed by atoms with Gasteiger partial charge in [-0.15, -0.1) is 0 Å². The first-order valence-corrected chi connectivity index (χ1v) is 8.62. The minimum absolute atomic E-state index is 0.262. The van der Waals surface area contributed by atoms with Crippen LogP contribution in [0.3, 0.4) is 0 Å². The molecule has 4 heteroatoms. The molecule has 0 N–H and O–H groups in total. The smallest absolute Gasteiger partial charge is 0.134 e. The van der Waals surface area contributed by atoms with Crippen molar-refractivity contribution in [2.45, 2.75) is 6.54 Å². The molecule has 0 aliphatic heterocycles. The monoisotopic (exact) mass is 361 g/mol. The minimum Gasteiger partial charge on any atom is -0.320 e. The molecule has 3 aromatic carbocycles. The number of imidazole rings is 1. The van der Waals surface area contributed by atoms with Crippen LogP contribution in [0.25, 0.3) is 17.1 Å². The largest absolute Gasteiger partial charge is 0.320 e. The Bertz CT molecular complexity index is 1080. The van der Waals surface area contributed by atoms with Crippen LogP contribution in [0.1, 0.15) is 17.0 Å². The molecule has 1 radical (unpaired) electrons. The normalized spacial score (nSPS) is 11.5.